The molecule has 0 fully saturated rings. The zero-order valence-electron chi connectivity index (χ0n) is 19.9. The number of rotatable bonds is 4. The minimum Gasteiger partial charge on any atom is -0.347 e. The smallest absolute Gasteiger partial charge is 0.269 e. The van der Waals surface area contributed by atoms with E-state index in [1.165, 1.54) is 22.6 Å². The highest BCUT2D eigenvalue weighted by Gasteiger charge is 2.40. The summed E-state index contributed by atoms with van der Waals surface area (Å²) in [6, 6.07) is 11.1. The van der Waals surface area contributed by atoms with Gasteiger partial charge in [0.1, 0.15) is 6.04 Å². The van der Waals surface area contributed by atoms with Crippen LogP contribution in [0.25, 0.3) is 0 Å². The summed E-state index contributed by atoms with van der Waals surface area (Å²) < 4.78 is 0. The second-order valence-electron chi connectivity index (χ2n) is 10.4. The number of nitrogens with zero attached hydrogens (tertiary/aromatic N) is 2. The van der Waals surface area contributed by atoms with Crippen molar-refractivity contribution < 1.29 is 14.5 Å². The van der Waals surface area contributed by atoms with Crippen LogP contribution in [0.3, 0.4) is 0 Å². The summed E-state index contributed by atoms with van der Waals surface area (Å²) in [5.41, 5.74) is 9.65. The van der Waals surface area contributed by atoms with Crippen LogP contribution in [0, 0.1) is 15.5 Å². The molecule has 0 aromatic heterocycles. The summed E-state index contributed by atoms with van der Waals surface area (Å²) in [6.45, 7) is 5.75. The maximum absolute atomic E-state index is 13.6. The molecular formula is C26H32N4O4. The first-order valence-corrected chi connectivity index (χ1v) is 11.8. The van der Waals surface area contributed by atoms with Gasteiger partial charge < -0.3 is 16.0 Å². The van der Waals surface area contributed by atoms with E-state index >= 15 is 0 Å². The summed E-state index contributed by atoms with van der Waals surface area (Å²) in [6.07, 6.45) is 3.10. The third-order valence-electron chi connectivity index (χ3n) is 7.00. The topological polar surface area (TPSA) is 119 Å². The lowest BCUT2D eigenvalue weighted by atomic mass is 9.84. The van der Waals surface area contributed by atoms with Gasteiger partial charge in [-0.1, -0.05) is 51.1 Å². The van der Waals surface area contributed by atoms with E-state index in [0.29, 0.717) is 5.56 Å². The minimum absolute atomic E-state index is 0.0343. The maximum atomic E-state index is 13.6. The Bertz CT molecular complexity index is 1120. The van der Waals surface area contributed by atoms with Gasteiger partial charge in [-0.2, -0.15) is 0 Å². The van der Waals surface area contributed by atoms with Crippen LogP contribution in [0.15, 0.2) is 42.5 Å². The number of nitro groups is 1. The highest BCUT2D eigenvalue weighted by molar-refractivity contribution is 5.91. The highest BCUT2D eigenvalue weighted by Crippen LogP contribution is 2.32. The number of non-ortho nitro benzene ring substituents is 1. The Morgan fingerprint density at radius 1 is 1.15 bits per heavy atom. The molecule has 8 heteroatoms. The van der Waals surface area contributed by atoms with Crippen LogP contribution in [0.5, 0.6) is 0 Å². The van der Waals surface area contributed by atoms with E-state index in [2.05, 4.69) is 11.4 Å². The number of carbonyl (C=O) groups excluding carboxylic acids is 2. The number of nitro benzene ring substituents is 1. The Labute approximate surface area is 199 Å². The number of carbonyl (C=O) groups is 2. The molecule has 0 bridgehead atoms. The second-order valence-corrected chi connectivity index (χ2v) is 10.4. The van der Waals surface area contributed by atoms with Crippen molar-refractivity contribution in [2.24, 2.45) is 11.1 Å². The van der Waals surface area contributed by atoms with Gasteiger partial charge in [0.25, 0.3) is 5.69 Å². The third-order valence-corrected chi connectivity index (χ3v) is 7.00. The molecule has 2 aromatic carbocycles. The zero-order valence-corrected chi connectivity index (χ0v) is 19.9. The number of fused-ring (bicyclic) bond motifs is 2. The number of benzene rings is 2. The van der Waals surface area contributed by atoms with Gasteiger partial charge in [-0.15, -0.1) is 0 Å². The van der Waals surface area contributed by atoms with E-state index < -0.39 is 22.4 Å². The Morgan fingerprint density at radius 3 is 2.59 bits per heavy atom. The van der Waals surface area contributed by atoms with E-state index in [1.807, 2.05) is 39.0 Å². The molecule has 1 unspecified atom stereocenters. The summed E-state index contributed by atoms with van der Waals surface area (Å²) in [5, 5.41) is 14.5. The van der Waals surface area contributed by atoms with Gasteiger partial charge in [0.15, 0.2) is 0 Å². The highest BCUT2D eigenvalue weighted by atomic mass is 16.6. The molecule has 0 saturated carbocycles. The number of amides is 2. The normalized spacial score (nSPS) is 20.6. The first-order valence-electron chi connectivity index (χ1n) is 11.8. The van der Waals surface area contributed by atoms with Crippen molar-refractivity contribution >= 4 is 17.5 Å². The van der Waals surface area contributed by atoms with Gasteiger partial charge in [-0.05, 0) is 46.9 Å². The van der Waals surface area contributed by atoms with E-state index in [0.717, 1.165) is 30.4 Å². The molecule has 2 aromatic rings. The molecule has 1 aliphatic heterocycles. The lowest BCUT2D eigenvalue weighted by molar-refractivity contribution is -0.385. The molecule has 2 aliphatic rings. The zero-order chi connectivity index (χ0) is 24.6. The molecular weight excluding hydrogens is 432 g/mol. The molecule has 3 N–H and O–H groups in total. The van der Waals surface area contributed by atoms with Gasteiger partial charge in [-0.3, -0.25) is 19.7 Å². The molecule has 0 saturated heterocycles. The number of hydrogen-bond acceptors (Lipinski definition) is 5. The minimum atomic E-state index is -0.807. The molecule has 1 aliphatic carbocycles. The van der Waals surface area contributed by atoms with Crippen LogP contribution in [0.1, 0.15) is 61.9 Å². The van der Waals surface area contributed by atoms with E-state index in [1.54, 1.807) is 6.07 Å². The first-order chi connectivity index (χ1) is 16.1. The average molecular weight is 465 g/mol. The molecule has 4 rings (SSSR count). The Hall–Kier alpha value is -3.26. The molecule has 34 heavy (non-hydrogen) atoms. The predicted molar refractivity (Wildman–Crippen MR) is 129 cm³/mol. The standard InChI is InChI=1S/C26H32N4O4/c1-26(2,3)23(27)25(32)29-15-18-13-19(30(33)34)12-11-17(18)14-22(29)24(31)28-21-10-6-8-16-7-4-5-9-20(16)21/h4-5,7,9,11-13,21-23H,6,8,10,14-15,27H2,1-3H3,(H,28,31)/t21?,22-,23+/m0/s1. The van der Waals surface area contributed by atoms with Crippen molar-refractivity contribution in [3.05, 3.63) is 74.8 Å². The summed E-state index contributed by atoms with van der Waals surface area (Å²) in [5.74, 6) is -0.547. The number of nitrogens with one attached hydrogen (secondary N) is 1. The number of hydrogen-bond donors (Lipinski definition) is 2. The lowest BCUT2D eigenvalue weighted by Crippen LogP contribution is -2.59. The number of nitrogens with two attached hydrogens (primary N) is 1. The fourth-order valence-corrected chi connectivity index (χ4v) is 4.87. The van der Waals surface area contributed by atoms with Gasteiger partial charge in [0.05, 0.1) is 17.0 Å². The van der Waals surface area contributed by atoms with E-state index in [4.69, 9.17) is 5.73 Å². The first kappa shape index (κ1) is 23.9. The quantitative estimate of drug-likeness (QED) is 0.531. The SMILES string of the molecule is CC(C)(C)[C@H](N)C(=O)N1Cc2cc([N+](=O)[O-])ccc2C[C@H]1C(=O)NC1CCCc2ccccc21. The Kier molecular flexibility index (Phi) is 6.45. The molecule has 0 spiro atoms. The second kappa shape index (κ2) is 9.18. The van der Waals surface area contributed by atoms with Gasteiger partial charge in [0, 0.05) is 25.1 Å². The van der Waals surface area contributed by atoms with Crippen molar-refractivity contribution in [2.45, 2.75) is 71.1 Å². The lowest BCUT2D eigenvalue weighted by Gasteiger charge is -2.40. The number of aryl methyl sites for hydroxylation is 1. The molecule has 0 radical (unpaired) electrons. The fourth-order valence-electron chi connectivity index (χ4n) is 4.87. The summed E-state index contributed by atoms with van der Waals surface area (Å²) in [4.78, 5) is 39.4. The molecule has 2 amide bonds. The molecule has 8 nitrogen and oxygen atoms in total. The van der Waals surface area contributed by atoms with Crippen molar-refractivity contribution in [2.75, 3.05) is 0 Å². The van der Waals surface area contributed by atoms with Crippen molar-refractivity contribution in [3.8, 4) is 0 Å². The summed E-state index contributed by atoms with van der Waals surface area (Å²) >= 11 is 0. The van der Waals surface area contributed by atoms with Gasteiger partial charge in [-0.25, -0.2) is 0 Å². The Balaban J connectivity index is 1.65. The van der Waals surface area contributed by atoms with Crippen LogP contribution >= 0.6 is 0 Å². The molecule has 180 valence electrons. The van der Waals surface area contributed by atoms with Crippen LogP contribution < -0.4 is 11.1 Å². The third kappa shape index (κ3) is 4.68. The largest absolute Gasteiger partial charge is 0.347 e. The van der Waals surface area contributed by atoms with Crippen molar-refractivity contribution in [1.82, 2.24) is 10.2 Å². The Morgan fingerprint density at radius 2 is 1.88 bits per heavy atom. The van der Waals surface area contributed by atoms with E-state index in [-0.39, 0.29) is 36.5 Å². The fraction of sp³-hybridized carbons (Fsp3) is 0.462. The van der Waals surface area contributed by atoms with Crippen LogP contribution in [0.2, 0.25) is 0 Å². The van der Waals surface area contributed by atoms with Gasteiger partial charge >= 0.3 is 0 Å². The predicted octanol–water partition coefficient (Wildman–Crippen LogP) is 3.42. The molecule has 3 atom stereocenters. The monoisotopic (exact) mass is 464 g/mol. The van der Waals surface area contributed by atoms with Crippen molar-refractivity contribution in [3.63, 3.8) is 0 Å². The van der Waals surface area contributed by atoms with E-state index in [9.17, 15) is 19.7 Å². The van der Waals surface area contributed by atoms with Crippen molar-refractivity contribution in [1.29, 1.82) is 0 Å². The van der Waals surface area contributed by atoms with Crippen LogP contribution in [-0.4, -0.2) is 33.7 Å². The van der Waals surface area contributed by atoms with Crippen LogP contribution in [0.4, 0.5) is 5.69 Å². The summed E-state index contributed by atoms with van der Waals surface area (Å²) in [7, 11) is 0. The molecule has 1 heterocycles. The average Bonchev–Trinajstić information content (AvgIpc) is 2.81. The maximum Gasteiger partial charge on any atom is 0.269 e. The van der Waals surface area contributed by atoms with Crippen LogP contribution in [-0.2, 0) is 29.0 Å². The van der Waals surface area contributed by atoms with Gasteiger partial charge in [0.2, 0.25) is 11.8 Å².